The number of anilines is 1. The number of carbonyl (C=O) groups excluding carboxylic acids is 5. The average Bonchev–Trinajstić information content (AvgIpc) is 3.43. The molecular formula is C38H57N3O14. The van der Waals surface area contributed by atoms with E-state index in [-0.39, 0.29) is 42.0 Å². The van der Waals surface area contributed by atoms with E-state index in [0.717, 1.165) is 17.7 Å². The van der Waals surface area contributed by atoms with Crippen molar-refractivity contribution < 1.29 is 66.6 Å². The number of hydrogen-bond acceptors (Lipinski definition) is 14. The quantitative estimate of drug-likeness (QED) is 0.0585. The number of rotatable bonds is 34. The van der Waals surface area contributed by atoms with Gasteiger partial charge in [-0.1, -0.05) is 18.6 Å². The monoisotopic (exact) mass is 779 g/mol. The van der Waals surface area contributed by atoms with Crippen LogP contribution < -0.4 is 10.6 Å². The van der Waals surface area contributed by atoms with Gasteiger partial charge in [0.05, 0.1) is 129 Å². The van der Waals surface area contributed by atoms with Crippen molar-refractivity contribution in [3.8, 4) is 0 Å². The topological polar surface area (TPSA) is 196 Å². The molecule has 2 aliphatic rings. The van der Waals surface area contributed by atoms with Gasteiger partial charge in [-0.15, -0.1) is 6.58 Å². The molecule has 2 aliphatic heterocycles. The summed E-state index contributed by atoms with van der Waals surface area (Å²) in [4.78, 5) is 63.5. The number of nitrogens with zero attached hydrogens (tertiary/aromatic N) is 1. The van der Waals surface area contributed by atoms with Crippen molar-refractivity contribution in [2.45, 2.75) is 44.6 Å². The Morgan fingerprint density at radius 2 is 1.16 bits per heavy atom. The Bertz CT molecular complexity index is 1330. The van der Waals surface area contributed by atoms with Crippen LogP contribution in [0.1, 0.15) is 59.2 Å². The molecule has 308 valence electrons. The van der Waals surface area contributed by atoms with Gasteiger partial charge in [0.2, 0.25) is 17.7 Å². The SMILES string of the molecule is C=CCOCCOCCOCCOCCOCCOCCOCCOCCOCCCCCC(=O)Nc1cccc2c1C(=O)N(C1CCC(=O)NC1=O)C2=O. The smallest absolute Gasteiger partial charge is 0.264 e. The second kappa shape index (κ2) is 28.7. The van der Waals surface area contributed by atoms with Gasteiger partial charge in [0.15, 0.2) is 0 Å². The van der Waals surface area contributed by atoms with E-state index in [0.29, 0.717) is 125 Å². The number of benzene rings is 1. The third-order valence-electron chi connectivity index (χ3n) is 8.15. The fourth-order valence-corrected chi connectivity index (χ4v) is 5.42. The first-order valence-electron chi connectivity index (χ1n) is 18.9. The first kappa shape index (κ1) is 45.7. The van der Waals surface area contributed by atoms with Crippen LogP contribution >= 0.6 is 0 Å². The molecule has 3 rings (SSSR count). The molecule has 0 aromatic heterocycles. The lowest BCUT2D eigenvalue weighted by Gasteiger charge is -2.27. The molecule has 0 aliphatic carbocycles. The number of hydrogen-bond donors (Lipinski definition) is 2. The van der Waals surface area contributed by atoms with Crippen LogP contribution in [0.25, 0.3) is 0 Å². The van der Waals surface area contributed by atoms with Gasteiger partial charge >= 0.3 is 0 Å². The summed E-state index contributed by atoms with van der Waals surface area (Å²) in [5.41, 5.74) is 0.384. The minimum absolute atomic E-state index is 0.0290. The lowest BCUT2D eigenvalue weighted by Crippen LogP contribution is -2.54. The summed E-state index contributed by atoms with van der Waals surface area (Å²) < 4.78 is 49.0. The second-order valence-electron chi connectivity index (χ2n) is 12.3. The molecule has 2 heterocycles. The predicted octanol–water partition coefficient (Wildman–Crippen LogP) is 1.92. The maximum absolute atomic E-state index is 13.2. The molecule has 17 heteroatoms. The van der Waals surface area contributed by atoms with Crippen LogP contribution in [0.4, 0.5) is 5.69 Å². The van der Waals surface area contributed by atoms with E-state index in [4.69, 9.17) is 42.6 Å². The van der Waals surface area contributed by atoms with Crippen LogP contribution in [0.5, 0.6) is 0 Å². The summed E-state index contributed by atoms with van der Waals surface area (Å²) in [7, 11) is 0. The van der Waals surface area contributed by atoms with E-state index in [1.807, 2.05) is 0 Å². The van der Waals surface area contributed by atoms with E-state index in [9.17, 15) is 24.0 Å². The largest absolute Gasteiger partial charge is 0.379 e. The minimum atomic E-state index is -1.07. The Labute approximate surface area is 322 Å². The highest BCUT2D eigenvalue weighted by molar-refractivity contribution is 6.26. The van der Waals surface area contributed by atoms with E-state index in [2.05, 4.69) is 17.2 Å². The van der Waals surface area contributed by atoms with Crippen molar-refractivity contribution in [1.82, 2.24) is 10.2 Å². The molecule has 55 heavy (non-hydrogen) atoms. The molecule has 5 amide bonds. The number of amides is 5. The Hall–Kier alpha value is -3.65. The molecule has 0 bridgehead atoms. The van der Waals surface area contributed by atoms with Crippen molar-refractivity contribution in [1.29, 1.82) is 0 Å². The van der Waals surface area contributed by atoms with Crippen molar-refractivity contribution in [2.75, 3.05) is 124 Å². The van der Waals surface area contributed by atoms with Crippen LogP contribution in [0.3, 0.4) is 0 Å². The number of imide groups is 2. The average molecular weight is 780 g/mol. The maximum atomic E-state index is 13.2. The highest BCUT2D eigenvalue weighted by atomic mass is 16.6. The van der Waals surface area contributed by atoms with Crippen molar-refractivity contribution in [3.63, 3.8) is 0 Å². The van der Waals surface area contributed by atoms with Gasteiger partial charge in [-0.05, 0) is 31.4 Å². The molecule has 1 aromatic carbocycles. The number of unbranched alkanes of at least 4 members (excludes halogenated alkanes) is 2. The summed E-state index contributed by atoms with van der Waals surface area (Å²) in [5, 5.41) is 4.90. The van der Waals surface area contributed by atoms with Gasteiger partial charge in [-0.3, -0.25) is 34.2 Å². The molecule has 1 fully saturated rings. The van der Waals surface area contributed by atoms with Crippen LogP contribution in [-0.2, 0) is 57.0 Å². The molecule has 1 saturated heterocycles. The number of piperidine rings is 1. The zero-order valence-corrected chi connectivity index (χ0v) is 31.7. The van der Waals surface area contributed by atoms with Crippen LogP contribution in [0, 0.1) is 0 Å². The fraction of sp³-hybridized carbons (Fsp3) is 0.658. The minimum Gasteiger partial charge on any atom is -0.379 e. The number of carbonyl (C=O) groups is 5. The first-order chi connectivity index (χ1) is 26.9. The zero-order valence-electron chi connectivity index (χ0n) is 31.7. The summed E-state index contributed by atoms with van der Waals surface area (Å²) in [6.45, 7) is 12.4. The number of ether oxygens (including phenoxy) is 9. The third-order valence-corrected chi connectivity index (χ3v) is 8.15. The van der Waals surface area contributed by atoms with Gasteiger partial charge in [-0.2, -0.15) is 0 Å². The van der Waals surface area contributed by atoms with E-state index in [1.54, 1.807) is 18.2 Å². The highest BCUT2D eigenvalue weighted by Crippen LogP contribution is 2.32. The van der Waals surface area contributed by atoms with E-state index < -0.39 is 29.7 Å². The molecule has 1 atom stereocenters. The van der Waals surface area contributed by atoms with Gasteiger partial charge in [0, 0.05) is 19.4 Å². The Morgan fingerprint density at radius 3 is 1.65 bits per heavy atom. The summed E-state index contributed by atoms with van der Waals surface area (Å²) in [6.07, 6.45) is 4.16. The number of fused-ring (bicyclic) bond motifs is 1. The van der Waals surface area contributed by atoms with Crippen LogP contribution in [0.15, 0.2) is 30.9 Å². The van der Waals surface area contributed by atoms with Crippen molar-refractivity contribution in [2.24, 2.45) is 0 Å². The predicted molar refractivity (Wildman–Crippen MR) is 198 cm³/mol. The van der Waals surface area contributed by atoms with Gasteiger partial charge in [0.1, 0.15) is 6.04 Å². The normalized spacial score (nSPS) is 15.4. The Morgan fingerprint density at radius 1 is 0.673 bits per heavy atom. The third kappa shape index (κ3) is 18.2. The number of nitrogens with one attached hydrogen (secondary N) is 2. The zero-order chi connectivity index (χ0) is 39.4. The summed E-state index contributed by atoms with van der Waals surface area (Å²) in [5.74, 6) is -2.71. The molecule has 2 N–H and O–H groups in total. The molecule has 17 nitrogen and oxygen atoms in total. The van der Waals surface area contributed by atoms with E-state index in [1.165, 1.54) is 6.07 Å². The van der Waals surface area contributed by atoms with Gasteiger partial charge < -0.3 is 47.9 Å². The fourth-order valence-electron chi connectivity index (χ4n) is 5.42. The lowest BCUT2D eigenvalue weighted by molar-refractivity contribution is -0.136. The Balaban J connectivity index is 1.04. The van der Waals surface area contributed by atoms with Gasteiger partial charge in [0.25, 0.3) is 11.8 Å². The van der Waals surface area contributed by atoms with Crippen LogP contribution in [-0.4, -0.2) is 159 Å². The standard InChI is InChI=1S/C38H57N3O14/c1-2-12-47-14-16-49-18-20-51-22-24-53-26-28-55-29-27-54-25-23-52-21-19-50-17-15-48-13-5-3-4-9-33(42)39-31-8-6-7-30-35(31)38(46)41(37(30)45)32-10-11-34(43)40-36(32)44/h2,6-8,32H,1,3-5,9-29H2,(H,39,42)(H,40,43,44). The highest BCUT2D eigenvalue weighted by Gasteiger charge is 2.45. The maximum Gasteiger partial charge on any atom is 0.264 e. The molecule has 0 spiro atoms. The molecule has 1 aromatic rings. The van der Waals surface area contributed by atoms with Gasteiger partial charge in [-0.25, -0.2) is 0 Å². The van der Waals surface area contributed by atoms with E-state index >= 15 is 0 Å². The molecular weight excluding hydrogens is 722 g/mol. The molecule has 1 unspecified atom stereocenters. The lowest BCUT2D eigenvalue weighted by atomic mass is 10.0. The Kier molecular flexibility index (Phi) is 23.9. The molecule has 0 radical (unpaired) electrons. The van der Waals surface area contributed by atoms with Crippen LogP contribution in [0.2, 0.25) is 0 Å². The summed E-state index contributed by atoms with van der Waals surface area (Å²) in [6, 6.07) is 3.53. The first-order valence-corrected chi connectivity index (χ1v) is 18.9. The van der Waals surface area contributed by atoms with Crippen molar-refractivity contribution in [3.05, 3.63) is 42.0 Å². The second-order valence-corrected chi connectivity index (χ2v) is 12.3. The summed E-state index contributed by atoms with van der Waals surface area (Å²) >= 11 is 0. The molecule has 0 saturated carbocycles. The van der Waals surface area contributed by atoms with Crippen molar-refractivity contribution >= 4 is 35.2 Å².